The summed E-state index contributed by atoms with van der Waals surface area (Å²) in [5.41, 5.74) is 6.95. The van der Waals surface area contributed by atoms with Crippen LogP contribution in [-0.4, -0.2) is 0 Å². The normalized spacial score (nSPS) is 13.5. The Kier molecular flexibility index (Phi) is 8.22. The molecular weight excluding hydrogens is 884 g/mol. The van der Waals surface area contributed by atoms with Crippen LogP contribution in [0.5, 0.6) is 0 Å². The Balaban J connectivity index is 0.980. The highest BCUT2D eigenvalue weighted by Gasteiger charge is 2.35. The van der Waals surface area contributed by atoms with Gasteiger partial charge in [-0.3, -0.25) is 0 Å². The van der Waals surface area contributed by atoms with Crippen LogP contribution in [0.1, 0.15) is 0 Å². The maximum absolute atomic E-state index is 17.3. The van der Waals surface area contributed by atoms with Crippen molar-refractivity contribution in [1.29, 1.82) is 0 Å². The molecule has 0 aromatic heterocycles. The molecule has 0 saturated carbocycles. The molecule has 0 atom stereocenters. The van der Waals surface area contributed by atoms with E-state index in [0.29, 0.717) is 0 Å². The van der Waals surface area contributed by atoms with E-state index in [0.717, 1.165) is 70.4 Å². The van der Waals surface area contributed by atoms with E-state index in [1.165, 1.54) is 63.9 Å². The molecule has 0 aliphatic carbocycles. The Morgan fingerprint density at radius 1 is 0.279 bits per heavy atom. The fourth-order valence-electron chi connectivity index (χ4n) is 11.5. The van der Waals surface area contributed by atoms with E-state index in [1.54, 1.807) is 0 Å². The van der Waals surface area contributed by atoms with Crippen molar-refractivity contribution in [3.8, 4) is 0 Å². The van der Waals surface area contributed by atoms with Crippen molar-refractivity contribution in [1.82, 2.24) is 0 Å². The zero-order chi connectivity index (χ0) is 44.7. The van der Waals surface area contributed by atoms with Crippen LogP contribution in [0.15, 0.2) is 244 Å². The van der Waals surface area contributed by atoms with Gasteiger partial charge in [0.2, 0.25) is 0 Å². The van der Waals surface area contributed by atoms with Gasteiger partial charge in [-0.2, -0.15) is 0 Å². The molecule has 2 aliphatic heterocycles. The fraction of sp³-hybridized carbons (Fsp3) is 0. The van der Waals surface area contributed by atoms with E-state index >= 15 is 4.57 Å². The van der Waals surface area contributed by atoms with Gasteiger partial charge in [0.15, 0.2) is 7.14 Å². The van der Waals surface area contributed by atoms with Crippen LogP contribution >= 0.6 is 30.7 Å². The first kappa shape index (κ1) is 38.6. The van der Waals surface area contributed by atoms with Gasteiger partial charge in [0.05, 0.1) is 34.1 Å². The third-order valence-electron chi connectivity index (χ3n) is 14.4. The number of hydrogen-bond donors (Lipinski definition) is 0. The second-order valence-corrected chi connectivity index (χ2v) is 22.7. The van der Waals surface area contributed by atoms with Crippen molar-refractivity contribution in [2.45, 2.75) is 19.6 Å². The van der Waals surface area contributed by atoms with Crippen LogP contribution in [0.2, 0.25) is 0 Å². The van der Waals surface area contributed by atoms with E-state index in [4.69, 9.17) is 0 Å². The largest absolute Gasteiger partial charge is 0.309 e. The van der Waals surface area contributed by atoms with Crippen molar-refractivity contribution in [3.63, 3.8) is 0 Å². The molecule has 2 aliphatic rings. The van der Waals surface area contributed by atoms with Crippen LogP contribution in [-0.2, 0) is 4.57 Å². The maximum Gasteiger partial charge on any atom is 0.172 e. The first-order chi connectivity index (χ1) is 33.6. The second-order valence-electron chi connectivity index (χ2n) is 17.9. The molecule has 318 valence electrons. The van der Waals surface area contributed by atoms with Crippen LogP contribution < -0.4 is 25.7 Å². The maximum atomic E-state index is 17.3. The predicted octanol–water partition coefficient (Wildman–Crippen LogP) is 17.0. The highest BCUT2D eigenvalue weighted by Crippen LogP contribution is 2.56. The van der Waals surface area contributed by atoms with E-state index in [-0.39, 0.29) is 0 Å². The minimum atomic E-state index is -3.57. The standard InChI is InChI=1S/C62H37N2OPS2/c65-66(42-12-2-1-3-13-42,53-36-28-40-22-30-43-47(34-26-38-24-32-45(53)61(40)59(38)43)63-49-14-4-8-18-55(49)67-56-19-9-5-15-50(56)63)54-37-29-41-23-31-44-48(35-27-39-25-33-46(54)62(41)60(39)44)64-51-16-6-10-20-57(51)68-58-21-11-7-17-52(58)64/h1-37H. The monoisotopic (exact) mass is 920 g/mol. The Bertz CT molecular complexity index is 3940. The zero-order valence-corrected chi connectivity index (χ0v) is 39.0. The van der Waals surface area contributed by atoms with Gasteiger partial charge in [-0.15, -0.1) is 0 Å². The lowest BCUT2D eigenvalue weighted by Crippen LogP contribution is -2.26. The summed E-state index contributed by atoms with van der Waals surface area (Å²) in [6.07, 6.45) is 0. The molecule has 15 rings (SSSR count). The third kappa shape index (κ3) is 5.32. The number of fused-ring (bicyclic) bond motifs is 4. The smallest absolute Gasteiger partial charge is 0.172 e. The lowest BCUT2D eigenvalue weighted by molar-refractivity contribution is 0.593. The van der Waals surface area contributed by atoms with E-state index in [9.17, 15) is 0 Å². The van der Waals surface area contributed by atoms with Gasteiger partial charge in [-0.05, 0) is 127 Å². The average molecular weight is 921 g/mol. The van der Waals surface area contributed by atoms with Gasteiger partial charge < -0.3 is 14.4 Å². The lowest BCUT2D eigenvalue weighted by atomic mass is 9.93. The summed E-state index contributed by atoms with van der Waals surface area (Å²) in [5, 5.41) is 16.2. The average Bonchev–Trinajstić information content (AvgIpc) is 3.40. The molecule has 0 amide bonds. The highest BCUT2D eigenvalue weighted by atomic mass is 32.2. The molecule has 0 saturated heterocycles. The molecule has 13 aromatic rings. The van der Waals surface area contributed by atoms with Crippen LogP contribution in [0, 0.1) is 0 Å². The summed E-state index contributed by atoms with van der Waals surface area (Å²) in [6.45, 7) is 0. The molecule has 3 nitrogen and oxygen atoms in total. The van der Waals surface area contributed by atoms with Crippen molar-refractivity contribution < 1.29 is 4.57 Å². The molecular formula is C62H37N2OPS2. The number of nitrogens with zero attached hydrogens (tertiary/aromatic N) is 2. The van der Waals surface area contributed by atoms with Crippen molar-refractivity contribution in [3.05, 3.63) is 224 Å². The van der Waals surface area contributed by atoms with Crippen molar-refractivity contribution >= 4 is 145 Å². The fourth-order valence-corrected chi connectivity index (χ4v) is 16.6. The predicted molar refractivity (Wildman–Crippen MR) is 291 cm³/mol. The Hall–Kier alpha value is -7.53. The summed E-state index contributed by atoms with van der Waals surface area (Å²) < 4.78 is 17.3. The van der Waals surface area contributed by atoms with Crippen molar-refractivity contribution in [2.24, 2.45) is 0 Å². The molecule has 0 bridgehead atoms. The number of rotatable bonds is 5. The first-order valence-corrected chi connectivity index (χ1v) is 26.4. The number of para-hydroxylation sites is 4. The van der Waals surface area contributed by atoms with E-state index in [2.05, 4.69) is 216 Å². The summed E-state index contributed by atoms with van der Waals surface area (Å²) >= 11 is 3.65. The van der Waals surface area contributed by atoms with Crippen LogP contribution in [0.25, 0.3) is 64.6 Å². The quantitative estimate of drug-likeness (QED) is 0.126. The van der Waals surface area contributed by atoms with Gasteiger partial charge >= 0.3 is 0 Å². The van der Waals surface area contributed by atoms with Gasteiger partial charge in [0, 0.05) is 46.3 Å². The molecule has 0 unspecified atom stereocenters. The molecule has 6 heteroatoms. The minimum Gasteiger partial charge on any atom is -0.309 e. The molecule has 2 heterocycles. The van der Waals surface area contributed by atoms with Gasteiger partial charge in [0.25, 0.3) is 0 Å². The van der Waals surface area contributed by atoms with Crippen molar-refractivity contribution in [2.75, 3.05) is 9.80 Å². The molecule has 0 radical (unpaired) electrons. The molecule has 0 fully saturated rings. The minimum absolute atomic E-state index is 0.824. The van der Waals surface area contributed by atoms with Crippen LogP contribution in [0.3, 0.4) is 0 Å². The molecule has 13 aromatic carbocycles. The van der Waals surface area contributed by atoms with E-state index in [1.807, 2.05) is 41.7 Å². The molecule has 0 N–H and O–H groups in total. The summed E-state index contributed by atoms with van der Waals surface area (Å²) in [7, 11) is -3.57. The van der Waals surface area contributed by atoms with Gasteiger partial charge in [-0.1, -0.05) is 175 Å². The van der Waals surface area contributed by atoms with Gasteiger partial charge in [-0.25, -0.2) is 0 Å². The zero-order valence-electron chi connectivity index (χ0n) is 36.4. The van der Waals surface area contributed by atoms with Crippen LogP contribution in [0.4, 0.5) is 34.1 Å². The number of anilines is 6. The third-order valence-corrected chi connectivity index (χ3v) is 19.8. The Labute approximate surface area is 401 Å². The highest BCUT2D eigenvalue weighted by molar-refractivity contribution is 8.00. The molecule has 0 spiro atoms. The number of hydrogen-bond acceptors (Lipinski definition) is 5. The topological polar surface area (TPSA) is 23.6 Å². The number of benzene rings is 13. The van der Waals surface area contributed by atoms with Gasteiger partial charge in [0.1, 0.15) is 0 Å². The molecule has 68 heavy (non-hydrogen) atoms. The Morgan fingerprint density at radius 2 is 0.588 bits per heavy atom. The summed E-state index contributed by atoms with van der Waals surface area (Å²) in [6, 6.07) is 80.9. The first-order valence-electron chi connectivity index (χ1n) is 23.0. The lowest BCUT2D eigenvalue weighted by Gasteiger charge is -2.34. The second kappa shape index (κ2) is 14.5. The van der Waals surface area contributed by atoms with E-state index < -0.39 is 7.14 Å². The SMILES string of the molecule is O=P(c1ccccc1)(c1ccc2ccc3c(N4c5ccccc5Sc5ccccc54)ccc4ccc1c2c43)c1ccc2ccc3c(N4c5ccccc5Sc5ccccc54)ccc4ccc1c2c43. The Morgan fingerprint density at radius 3 is 0.985 bits per heavy atom. The summed E-state index contributed by atoms with van der Waals surface area (Å²) in [4.78, 5) is 9.78. The summed E-state index contributed by atoms with van der Waals surface area (Å²) in [5.74, 6) is 0.